The van der Waals surface area contributed by atoms with Gasteiger partial charge >= 0.3 is 0 Å². The molecule has 20 heavy (non-hydrogen) atoms. The highest BCUT2D eigenvalue weighted by molar-refractivity contribution is 9.10. The van der Waals surface area contributed by atoms with Crippen molar-refractivity contribution >= 4 is 27.5 Å². The molecule has 2 aromatic rings. The standard InChI is InChI=1S/C16H17BrClNO/c1-3-11(2)14-6-4-5-7-15(14)20-16-12(9-18)8-13(17)10-19-16/h4-8,10-11H,3,9H2,1-2H3. The molecule has 0 radical (unpaired) electrons. The molecule has 1 heterocycles. The number of benzene rings is 1. The fourth-order valence-electron chi connectivity index (χ4n) is 1.96. The Balaban J connectivity index is 2.35. The number of aromatic nitrogens is 1. The van der Waals surface area contributed by atoms with Crippen LogP contribution in [-0.2, 0) is 5.88 Å². The van der Waals surface area contributed by atoms with Gasteiger partial charge in [0, 0.05) is 16.2 Å². The molecule has 0 saturated heterocycles. The van der Waals surface area contributed by atoms with Crippen molar-refractivity contribution in [2.75, 3.05) is 0 Å². The van der Waals surface area contributed by atoms with Crippen molar-refractivity contribution in [3.63, 3.8) is 0 Å². The van der Waals surface area contributed by atoms with Gasteiger partial charge in [-0.2, -0.15) is 0 Å². The lowest BCUT2D eigenvalue weighted by atomic mass is 9.98. The van der Waals surface area contributed by atoms with Gasteiger partial charge in [0.1, 0.15) is 5.75 Å². The average Bonchev–Trinajstić information content (AvgIpc) is 2.48. The van der Waals surface area contributed by atoms with E-state index in [-0.39, 0.29) is 0 Å². The Hall–Kier alpha value is -1.06. The first-order chi connectivity index (χ1) is 9.65. The Morgan fingerprint density at radius 2 is 2.10 bits per heavy atom. The molecule has 0 saturated carbocycles. The molecule has 106 valence electrons. The van der Waals surface area contributed by atoms with Crippen LogP contribution in [0.3, 0.4) is 0 Å². The average molecular weight is 355 g/mol. The van der Waals surface area contributed by atoms with E-state index in [2.05, 4.69) is 40.8 Å². The van der Waals surface area contributed by atoms with Gasteiger partial charge in [-0.3, -0.25) is 0 Å². The number of halogens is 2. The van der Waals surface area contributed by atoms with Crippen molar-refractivity contribution in [2.24, 2.45) is 0 Å². The van der Waals surface area contributed by atoms with Crippen molar-refractivity contribution in [3.05, 3.63) is 52.1 Å². The summed E-state index contributed by atoms with van der Waals surface area (Å²) in [6.45, 7) is 4.36. The first-order valence-electron chi connectivity index (χ1n) is 6.62. The van der Waals surface area contributed by atoms with Crippen LogP contribution in [0.4, 0.5) is 0 Å². The highest BCUT2D eigenvalue weighted by Crippen LogP contribution is 2.33. The molecule has 0 aliphatic heterocycles. The van der Waals surface area contributed by atoms with Crippen molar-refractivity contribution in [1.29, 1.82) is 0 Å². The molecular formula is C16H17BrClNO. The molecule has 0 N–H and O–H groups in total. The Labute approximate surface area is 133 Å². The lowest BCUT2D eigenvalue weighted by Crippen LogP contribution is -1.99. The second-order valence-electron chi connectivity index (χ2n) is 4.70. The van der Waals surface area contributed by atoms with Crippen LogP contribution in [0, 0.1) is 0 Å². The molecule has 1 atom stereocenters. The van der Waals surface area contributed by atoms with Crippen LogP contribution < -0.4 is 4.74 Å². The zero-order chi connectivity index (χ0) is 14.5. The van der Waals surface area contributed by atoms with Crippen molar-refractivity contribution in [2.45, 2.75) is 32.1 Å². The van der Waals surface area contributed by atoms with E-state index in [1.54, 1.807) is 6.20 Å². The van der Waals surface area contributed by atoms with E-state index in [1.807, 2.05) is 24.3 Å². The predicted molar refractivity (Wildman–Crippen MR) is 86.7 cm³/mol. The summed E-state index contributed by atoms with van der Waals surface area (Å²) in [5.74, 6) is 2.23. The fourth-order valence-corrected chi connectivity index (χ4v) is 2.53. The molecule has 0 aliphatic carbocycles. The molecule has 1 aromatic carbocycles. The molecule has 2 rings (SSSR count). The van der Waals surface area contributed by atoms with Gasteiger partial charge in [-0.15, -0.1) is 11.6 Å². The number of nitrogens with zero attached hydrogens (tertiary/aromatic N) is 1. The third-order valence-corrected chi connectivity index (χ3v) is 4.03. The number of alkyl halides is 1. The van der Waals surface area contributed by atoms with Crippen molar-refractivity contribution in [1.82, 2.24) is 4.98 Å². The highest BCUT2D eigenvalue weighted by atomic mass is 79.9. The predicted octanol–water partition coefficient (Wildman–Crippen LogP) is 5.89. The fraction of sp³-hybridized carbons (Fsp3) is 0.312. The van der Waals surface area contributed by atoms with Crippen LogP contribution in [0.5, 0.6) is 11.6 Å². The molecule has 0 amide bonds. The SMILES string of the molecule is CCC(C)c1ccccc1Oc1ncc(Br)cc1CCl. The van der Waals surface area contributed by atoms with Crippen LogP contribution in [0.25, 0.3) is 0 Å². The Bertz CT molecular complexity index is 588. The van der Waals surface area contributed by atoms with Crippen molar-refractivity contribution < 1.29 is 4.74 Å². The summed E-state index contributed by atoms with van der Waals surface area (Å²) in [5, 5.41) is 0. The zero-order valence-electron chi connectivity index (χ0n) is 11.6. The number of rotatable bonds is 5. The van der Waals surface area contributed by atoms with Crippen LogP contribution in [-0.4, -0.2) is 4.98 Å². The van der Waals surface area contributed by atoms with Gasteiger partial charge in [-0.25, -0.2) is 4.98 Å². The van der Waals surface area contributed by atoms with Gasteiger partial charge in [0.2, 0.25) is 5.88 Å². The Morgan fingerprint density at radius 3 is 2.80 bits per heavy atom. The number of hydrogen-bond acceptors (Lipinski definition) is 2. The van der Waals surface area contributed by atoms with E-state index in [1.165, 1.54) is 5.56 Å². The quantitative estimate of drug-likeness (QED) is 0.625. The lowest BCUT2D eigenvalue weighted by molar-refractivity contribution is 0.447. The first-order valence-corrected chi connectivity index (χ1v) is 7.95. The lowest BCUT2D eigenvalue weighted by Gasteiger charge is -2.16. The van der Waals surface area contributed by atoms with Gasteiger partial charge in [-0.05, 0) is 46.0 Å². The third-order valence-electron chi connectivity index (χ3n) is 3.30. The van der Waals surface area contributed by atoms with Gasteiger partial charge < -0.3 is 4.74 Å². The number of hydrogen-bond donors (Lipinski definition) is 0. The van der Waals surface area contributed by atoms with E-state index in [0.29, 0.717) is 17.7 Å². The summed E-state index contributed by atoms with van der Waals surface area (Å²) in [6.07, 6.45) is 2.79. The second kappa shape index (κ2) is 7.09. The van der Waals surface area contributed by atoms with E-state index in [4.69, 9.17) is 16.3 Å². The largest absolute Gasteiger partial charge is 0.438 e. The van der Waals surface area contributed by atoms with E-state index >= 15 is 0 Å². The van der Waals surface area contributed by atoms with E-state index < -0.39 is 0 Å². The number of ether oxygens (including phenoxy) is 1. The number of pyridine rings is 1. The minimum absolute atomic E-state index is 0.368. The Kier molecular flexibility index (Phi) is 5.44. The monoisotopic (exact) mass is 353 g/mol. The van der Waals surface area contributed by atoms with Crippen molar-refractivity contribution in [3.8, 4) is 11.6 Å². The number of para-hydroxylation sites is 1. The summed E-state index contributed by atoms with van der Waals surface area (Å²) in [5.41, 5.74) is 2.07. The summed E-state index contributed by atoms with van der Waals surface area (Å²) >= 11 is 9.35. The Morgan fingerprint density at radius 1 is 1.35 bits per heavy atom. The van der Waals surface area contributed by atoms with Gasteiger partial charge in [0.05, 0.1) is 5.88 Å². The zero-order valence-corrected chi connectivity index (χ0v) is 13.9. The topological polar surface area (TPSA) is 22.1 Å². The van der Waals surface area contributed by atoms with E-state index in [0.717, 1.165) is 22.2 Å². The van der Waals surface area contributed by atoms with Crippen LogP contribution >= 0.6 is 27.5 Å². The maximum absolute atomic E-state index is 5.99. The maximum Gasteiger partial charge on any atom is 0.223 e. The molecule has 0 fully saturated rings. The smallest absolute Gasteiger partial charge is 0.223 e. The first kappa shape index (κ1) is 15.3. The third kappa shape index (κ3) is 3.53. The maximum atomic E-state index is 5.99. The molecule has 0 aliphatic rings. The van der Waals surface area contributed by atoms with Gasteiger partial charge in [0.15, 0.2) is 0 Å². The van der Waals surface area contributed by atoms with Crippen LogP contribution in [0.2, 0.25) is 0 Å². The molecule has 4 heteroatoms. The molecule has 2 nitrogen and oxygen atoms in total. The minimum atomic E-state index is 0.368. The molecule has 1 aromatic heterocycles. The van der Waals surface area contributed by atoms with E-state index in [9.17, 15) is 0 Å². The molecular weight excluding hydrogens is 338 g/mol. The summed E-state index contributed by atoms with van der Waals surface area (Å²) in [6, 6.07) is 10.0. The van der Waals surface area contributed by atoms with Gasteiger partial charge in [-0.1, -0.05) is 32.0 Å². The molecule has 0 spiro atoms. The molecule has 1 unspecified atom stereocenters. The van der Waals surface area contributed by atoms with Crippen LogP contribution in [0.15, 0.2) is 41.0 Å². The van der Waals surface area contributed by atoms with Gasteiger partial charge in [0.25, 0.3) is 0 Å². The highest BCUT2D eigenvalue weighted by Gasteiger charge is 2.13. The summed E-state index contributed by atoms with van der Waals surface area (Å²) < 4.78 is 6.89. The molecule has 0 bridgehead atoms. The minimum Gasteiger partial charge on any atom is -0.438 e. The van der Waals surface area contributed by atoms with Crippen LogP contribution in [0.1, 0.15) is 37.3 Å². The summed E-state index contributed by atoms with van der Waals surface area (Å²) in [7, 11) is 0. The summed E-state index contributed by atoms with van der Waals surface area (Å²) in [4.78, 5) is 4.32. The normalized spacial score (nSPS) is 12.2. The second-order valence-corrected chi connectivity index (χ2v) is 5.88.